The Bertz CT molecular complexity index is 476. The third kappa shape index (κ3) is 2.71. The highest BCUT2D eigenvalue weighted by molar-refractivity contribution is 5.15. The zero-order valence-electron chi connectivity index (χ0n) is 10.2. The summed E-state index contributed by atoms with van der Waals surface area (Å²) in [7, 11) is 0. The van der Waals surface area contributed by atoms with Crippen LogP contribution in [0.25, 0.3) is 0 Å². The minimum Gasteiger partial charge on any atom is -0.384 e. The van der Waals surface area contributed by atoms with Gasteiger partial charge in [0.1, 0.15) is 11.3 Å². The molecule has 0 aliphatic rings. The average molecular weight is 231 g/mol. The fourth-order valence-corrected chi connectivity index (χ4v) is 1.57. The molecule has 1 heterocycles. The van der Waals surface area contributed by atoms with Gasteiger partial charge in [-0.15, -0.1) is 5.10 Å². The Balaban J connectivity index is 2.14. The Morgan fingerprint density at radius 1 is 1.29 bits per heavy atom. The first-order valence-corrected chi connectivity index (χ1v) is 5.79. The maximum Gasteiger partial charge on any atom is 0.114 e. The molecule has 0 aliphatic heterocycles. The van der Waals surface area contributed by atoms with Crippen LogP contribution in [0.1, 0.15) is 31.5 Å². The molecule has 0 saturated carbocycles. The van der Waals surface area contributed by atoms with Crippen LogP contribution in [-0.4, -0.2) is 20.1 Å². The van der Waals surface area contributed by atoms with Gasteiger partial charge in [-0.25, -0.2) is 4.68 Å². The predicted molar refractivity (Wildman–Crippen MR) is 65.4 cm³/mol. The van der Waals surface area contributed by atoms with Gasteiger partial charge in [0.2, 0.25) is 0 Å². The van der Waals surface area contributed by atoms with Crippen LogP contribution in [0.4, 0.5) is 0 Å². The molecule has 0 spiro atoms. The van der Waals surface area contributed by atoms with Crippen molar-refractivity contribution in [1.29, 1.82) is 0 Å². The largest absolute Gasteiger partial charge is 0.384 e. The van der Waals surface area contributed by atoms with E-state index in [9.17, 15) is 5.11 Å². The molecule has 0 saturated heterocycles. The topological polar surface area (TPSA) is 50.9 Å². The fraction of sp³-hybridized carbons (Fsp3) is 0.385. The van der Waals surface area contributed by atoms with Gasteiger partial charge in [-0.05, 0) is 18.9 Å². The fourth-order valence-electron chi connectivity index (χ4n) is 1.57. The summed E-state index contributed by atoms with van der Waals surface area (Å²) in [5, 5.41) is 18.1. The minimum absolute atomic E-state index is 0.621. The highest BCUT2D eigenvalue weighted by atomic mass is 16.3. The molecule has 0 radical (unpaired) electrons. The summed E-state index contributed by atoms with van der Waals surface area (Å²) in [6.07, 6.45) is 2.42. The second kappa shape index (κ2) is 4.67. The first-order valence-electron chi connectivity index (χ1n) is 5.79. The molecule has 0 amide bonds. The number of rotatable bonds is 4. The summed E-state index contributed by atoms with van der Waals surface area (Å²) in [5.41, 5.74) is 0.894. The van der Waals surface area contributed by atoms with Gasteiger partial charge >= 0.3 is 0 Å². The van der Waals surface area contributed by atoms with E-state index in [4.69, 9.17) is 0 Å². The number of hydrogen-bond donors (Lipinski definition) is 1. The molecule has 4 heteroatoms. The van der Waals surface area contributed by atoms with Crippen molar-refractivity contribution in [2.75, 3.05) is 0 Å². The van der Waals surface area contributed by atoms with Crippen LogP contribution in [0.3, 0.4) is 0 Å². The zero-order chi connectivity index (χ0) is 12.3. The molecule has 4 nitrogen and oxygen atoms in total. The summed E-state index contributed by atoms with van der Waals surface area (Å²) >= 11 is 0. The molecule has 1 aromatic heterocycles. The molecule has 0 aliphatic carbocycles. The lowest BCUT2D eigenvalue weighted by Gasteiger charge is -2.16. The summed E-state index contributed by atoms with van der Waals surface area (Å²) in [5.74, 6) is 0. The van der Waals surface area contributed by atoms with Crippen LogP contribution in [0, 0.1) is 0 Å². The van der Waals surface area contributed by atoms with E-state index in [0.717, 1.165) is 0 Å². The predicted octanol–water partition coefficient (Wildman–Crippen LogP) is 1.94. The van der Waals surface area contributed by atoms with Crippen molar-refractivity contribution < 1.29 is 5.11 Å². The first kappa shape index (κ1) is 11.8. The van der Waals surface area contributed by atoms with Gasteiger partial charge in [0, 0.05) is 0 Å². The van der Waals surface area contributed by atoms with Crippen molar-refractivity contribution in [3.05, 3.63) is 47.8 Å². The summed E-state index contributed by atoms with van der Waals surface area (Å²) in [4.78, 5) is 0. The Kier molecular flexibility index (Phi) is 3.24. The van der Waals surface area contributed by atoms with Crippen LogP contribution in [0.2, 0.25) is 0 Å². The molecule has 17 heavy (non-hydrogen) atoms. The number of nitrogens with zero attached hydrogens (tertiary/aromatic N) is 3. The summed E-state index contributed by atoms with van der Waals surface area (Å²) < 4.78 is 1.74. The maximum atomic E-state index is 10.1. The van der Waals surface area contributed by atoms with Gasteiger partial charge in [0.25, 0.3) is 0 Å². The minimum atomic E-state index is -0.894. The van der Waals surface area contributed by atoms with Crippen molar-refractivity contribution in [2.45, 2.75) is 32.4 Å². The molecule has 1 aromatic carbocycles. The second-order valence-electron chi connectivity index (χ2n) is 4.41. The maximum absolute atomic E-state index is 10.1. The molecule has 2 rings (SSSR count). The van der Waals surface area contributed by atoms with Crippen molar-refractivity contribution in [1.82, 2.24) is 15.0 Å². The number of hydrogen-bond acceptors (Lipinski definition) is 3. The highest BCUT2D eigenvalue weighted by Crippen LogP contribution is 2.21. The zero-order valence-corrected chi connectivity index (χ0v) is 10.2. The Hall–Kier alpha value is -1.68. The van der Waals surface area contributed by atoms with Gasteiger partial charge in [0.15, 0.2) is 0 Å². The highest BCUT2D eigenvalue weighted by Gasteiger charge is 2.24. The van der Waals surface area contributed by atoms with Gasteiger partial charge < -0.3 is 5.11 Å². The molecule has 0 bridgehead atoms. The van der Waals surface area contributed by atoms with E-state index in [2.05, 4.69) is 10.3 Å². The first-order chi connectivity index (χ1) is 8.12. The van der Waals surface area contributed by atoms with Crippen LogP contribution >= 0.6 is 0 Å². The lowest BCUT2D eigenvalue weighted by Crippen LogP contribution is -2.20. The smallest absolute Gasteiger partial charge is 0.114 e. The molecule has 0 fully saturated rings. The molecule has 0 unspecified atom stereocenters. The molecule has 90 valence electrons. The quantitative estimate of drug-likeness (QED) is 0.875. The standard InChI is InChI=1S/C13H17N3O/c1-3-13(2,17)12-10-16(15-14-12)9-11-7-5-4-6-8-11/h4-8,10,17H,3,9H2,1-2H3/t13-/m0/s1. The molecule has 1 N–H and O–H groups in total. The number of aromatic nitrogens is 3. The molecular weight excluding hydrogens is 214 g/mol. The van der Waals surface area contributed by atoms with Crippen molar-refractivity contribution in [2.24, 2.45) is 0 Å². The molecule has 1 atom stereocenters. The Morgan fingerprint density at radius 2 is 2.00 bits per heavy atom. The monoisotopic (exact) mass is 231 g/mol. The van der Waals surface area contributed by atoms with Crippen molar-refractivity contribution in [3.8, 4) is 0 Å². The van der Waals surface area contributed by atoms with E-state index in [1.54, 1.807) is 17.8 Å². The lowest BCUT2D eigenvalue weighted by atomic mass is 10.0. The van der Waals surface area contributed by atoms with Crippen molar-refractivity contribution >= 4 is 0 Å². The van der Waals surface area contributed by atoms with E-state index in [1.807, 2.05) is 37.3 Å². The van der Waals surface area contributed by atoms with Crippen LogP contribution in [0.5, 0.6) is 0 Å². The van der Waals surface area contributed by atoms with E-state index >= 15 is 0 Å². The van der Waals surface area contributed by atoms with Gasteiger partial charge in [-0.3, -0.25) is 0 Å². The average Bonchev–Trinajstić information content (AvgIpc) is 2.80. The van der Waals surface area contributed by atoms with E-state index in [0.29, 0.717) is 18.7 Å². The van der Waals surface area contributed by atoms with Crippen LogP contribution < -0.4 is 0 Å². The Morgan fingerprint density at radius 3 is 2.65 bits per heavy atom. The van der Waals surface area contributed by atoms with Crippen molar-refractivity contribution in [3.63, 3.8) is 0 Å². The van der Waals surface area contributed by atoms with E-state index in [-0.39, 0.29) is 0 Å². The second-order valence-corrected chi connectivity index (χ2v) is 4.41. The van der Waals surface area contributed by atoms with Gasteiger partial charge in [-0.2, -0.15) is 0 Å². The normalized spacial score (nSPS) is 14.5. The number of aliphatic hydroxyl groups is 1. The van der Waals surface area contributed by atoms with E-state index < -0.39 is 5.60 Å². The van der Waals surface area contributed by atoms with E-state index in [1.165, 1.54) is 5.56 Å². The third-order valence-electron chi connectivity index (χ3n) is 2.97. The summed E-state index contributed by atoms with van der Waals surface area (Å²) in [6.45, 7) is 4.35. The van der Waals surface area contributed by atoms with Crippen LogP contribution in [0.15, 0.2) is 36.5 Å². The third-order valence-corrected chi connectivity index (χ3v) is 2.97. The van der Waals surface area contributed by atoms with Gasteiger partial charge in [-0.1, -0.05) is 42.5 Å². The summed E-state index contributed by atoms with van der Waals surface area (Å²) in [6, 6.07) is 10.1. The molecule has 2 aromatic rings. The Labute approximate surface area is 101 Å². The lowest BCUT2D eigenvalue weighted by molar-refractivity contribution is 0.0484. The SMILES string of the molecule is CC[C@](C)(O)c1cn(Cc2ccccc2)nn1. The van der Waals surface area contributed by atoms with Crippen LogP contribution in [-0.2, 0) is 12.1 Å². The number of benzene rings is 1. The van der Waals surface area contributed by atoms with Gasteiger partial charge in [0.05, 0.1) is 12.7 Å². The molecular formula is C13H17N3O.